The molecule has 22 heavy (non-hydrogen) atoms. The Bertz CT molecular complexity index is 514. The van der Waals surface area contributed by atoms with E-state index in [1.807, 2.05) is 0 Å². The van der Waals surface area contributed by atoms with E-state index < -0.39 is 5.97 Å². The van der Waals surface area contributed by atoms with Crippen molar-refractivity contribution in [1.29, 1.82) is 0 Å². The molecule has 0 saturated heterocycles. The summed E-state index contributed by atoms with van der Waals surface area (Å²) in [6, 6.07) is 3.24. The molecule has 0 aliphatic heterocycles. The van der Waals surface area contributed by atoms with Gasteiger partial charge in [0.2, 0.25) is 5.91 Å². The average Bonchev–Trinajstić information content (AvgIpc) is 2.48. The van der Waals surface area contributed by atoms with Crippen LogP contribution in [0.5, 0.6) is 0 Å². The highest BCUT2D eigenvalue weighted by Gasteiger charge is 2.15. The number of pyridine rings is 1. The number of thioether (sulfide) groups is 1. The van der Waals surface area contributed by atoms with Crippen LogP contribution in [0.4, 0.5) is 0 Å². The molecule has 1 saturated carbocycles. The zero-order chi connectivity index (χ0) is 15.8. The number of carboxylic acid groups (broad SMARTS) is 1. The number of nitrogens with one attached hydrogen (secondary N) is 1. The van der Waals surface area contributed by atoms with Gasteiger partial charge in [-0.15, -0.1) is 0 Å². The summed E-state index contributed by atoms with van der Waals surface area (Å²) in [5.41, 5.74) is 0.0336. The lowest BCUT2D eigenvalue weighted by molar-refractivity contribution is -0.255. The van der Waals surface area contributed by atoms with E-state index >= 15 is 0 Å². The molecule has 0 bridgehead atoms. The second-order valence-electron chi connectivity index (χ2n) is 5.54. The van der Waals surface area contributed by atoms with Crippen molar-refractivity contribution in [3.8, 4) is 0 Å². The Hall–Kier alpha value is -1.56. The van der Waals surface area contributed by atoms with E-state index in [1.54, 1.807) is 6.07 Å². The molecule has 1 amide bonds. The Kier molecular flexibility index (Phi) is 6.71. The van der Waals surface area contributed by atoms with Crippen molar-refractivity contribution < 1.29 is 14.7 Å². The van der Waals surface area contributed by atoms with Gasteiger partial charge in [0.25, 0.3) is 0 Å². The normalized spacial score (nSPS) is 16.5. The lowest BCUT2D eigenvalue weighted by Gasteiger charge is -2.21. The molecule has 120 valence electrons. The maximum absolute atomic E-state index is 12.0. The third kappa shape index (κ3) is 5.33. The van der Waals surface area contributed by atoms with Gasteiger partial charge in [-0.3, -0.25) is 4.79 Å². The summed E-state index contributed by atoms with van der Waals surface area (Å²) >= 11 is 1.14. The number of hydrogen-bond acceptors (Lipinski definition) is 5. The largest absolute Gasteiger partial charge is 0.545 e. The predicted octanol–water partition coefficient (Wildman–Crippen LogP) is 1.77. The number of amides is 1. The van der Waals surface area contributed by atoms with E-state index in [9.17, 15) is 14.7 Å². The fourth-order valence-electron chi connectivity index (χ4n) is 2.66. The van der Waals surface area contributed by atoms with Gasteiger partial charge < -0.3 is 15.2 Å². The number of aromatic nitrogens is 1. The highest BCUT2D eigenvalue weighted by atomic mass is 32.2. The Balaban J connectivity index is 1.83. The highest BCUT2D eigenvalue weighted by molar-refractivity contribution is 8.00. The van der Waals surface area contributed by atoms with Gasteiger partial charge in [0.15, 0.2) is 0 Å². The molecule has 1 aliphatic rings. The van der Waals surface area contributed by atoms with Crippen LogP contribution in [-0.2, 0) is 4.79 Å². The molecule has 6 heteroatoms. The summed E-state index contributed by atoms with van der Waals surface area (Å²) in [6.45, 7) is 0. The van der Waals surface area contributed by atoms with Gasteiger partial charge >= 0.3 is 0 Å². The summed E-state index contributed by atoms with van der Waals surface area (Å²) < 4.78 is 0. The molecule has 0 unspecified atom stereocenters. The Morgan fingerprint density at radius 2 is 1.91 bits per heavy atom. The van der Waals surface area contributed by atoms with Gasteiger partial charge in [0.1, 0.15) is 5.03 Å². The zero-order valence-electron chi connectivity index (χ0n) is 12.5. The van der Waals surface area contributed by atoms with Crippen molar-refractivity contribution in [2.45, 2.75) is 56.0 Å². The van der Waals surface area contributed by atoms with Gasteiger partial charge in [0, 0.05) is 17.8 Å². The molecule has 0 radical (unpaired) electrons. The first-order valence-electron chi connectivity index (χ1n) is 7.75. The molecule has 1 aliphatic carbocycles. The van der Waals surface area contributed by atoms with Crippen molar-refractivity contribution >= 4 is 23.6 Å². The number of aromatic carboxylic acids is 1. The molecule has 0 atom stereocenters. The van der Waals surface area contributed by atoms with Gasteiger partial charge in [-0.25, -0.2) is 4.98 Å². The number of carbonyl (C=O) groups excluding carboxylic acids is 2. The first-order valence-corrected chi connectivity index (χ1v) is 8.74. The van der Waals surface area contributed by atoms with Crippen molar-refractivity contribution in [2.24, 2.45) is 0 Å². The summed E-state index contributed by atoms with van der Waals surface area (Å²) in [6.07, 6.45) is 9.67. The second-order valence-corrected chi connectivity index (χ2v) is 6.51. The highest BCUT2D eigenvalue weighted by Crippen LogP contribution is 2.20. The second kappa shape index (κ2) is 8.78. The monoisotopic (exact) mass is 321 g/mol. The van der Waals surface area contributed by atoms with Crippen LogP contribution >= 0.6 is 11.8 Å². The van der Waals surface area contributed by atoms with Crippen LogP contribution < -0.4 is 10.4 Å². The first kappa shape index (κ1) is 16.8. The van der Waals surface area contributed by atoms with Gasteiger partial charge in [-0.1, -0.05) is 43.9 Å². The Labute approximate surface area is 134 Å². The molecular weight excluding hydrogens is 300 g/mol. The Morgan fingerprint density at radius 1 is 1.23 bits per heavy atom. The summed E-state index contributed by atoms with van der Waals surface area (Å²) in [5, 5.41) is 14.4. The molecule has 5 nitrogen and oxygen atoms in total. The standard InChI is InChI=1S/C16H22N2O3S/c19-14(18-12-7-4-2-1-3-5-8-12)11-22-15-13(16(20)21)9-6-10-17-15/h6,9-10,12H,1-5,7-8,11H2,(H,18,19)(H,20,21)/p-1. The maximum Gasteiger partial charge on any atom is 0.230 e. The molecule has 1 aromatic rings. The average molecular weight is 321 g/mol. The number of carboxylic acids is 1. The maximum atomic E-state index is 12.0. The summed E-state index contributed by atoms with van der Waals surface area (Å²) in [5.74, 6) is -1.16. The third-order valence-corrected chi connectivity index (χ3v) is 4.81. The summed E-state index contributed by atoms with van der Waals surface area (Å²) in [7, 11) is 0. The zero-order valence-corrected chi connectivity index (χ0v) is 13.4. The van der Waals surface area contributed by atoms with Crippen LogP contribution in [0.3, 0.4) is 0 Å². The van der Waals surface area contributed by atoms with E-state index in [0.29, 0.717) is 5.03 Å². The quantitative estimate of drug-likeness (QED) is 0.836. The molecule has 2 rings (SSSR count). The minimum atomic E-state index is -1.27. The van der Waals surface area contributed by atoms with Gasteiger partial charge in [0.05, 0.1) is 11.7 Å². The third-order valence-electron chi connectivity index (χ3n) is 3.80. The minimum Gasteiger partial charge on any atom is -0.545 e. The molecule has 0 spiro atoms. The smallest absolute Gasteiger partial charge is 0.230 e. The molecular formula is C16H21N2O3S-. The minimum absolute atomic E-state index is 0.0336. The van der Waals surface area contributed by atoms with Crippen molar-refractivity contribution in [3.05, 3.63) is 23.9 Å². The summed E-state index contributed by atoms with van der Waals surface area (Å²) in [4.78, 5) is 27.0. The molecule has 0 aromatic carbocycles. The number of nitrogens with zero attached hydrogens (tertiary/aromatic N) is 1. The number of hydrogen-bond donors (Lipinski definition) is 1. The van der Waals surface area contributed by atoms with Crippen molar-refractivity contribution in [2.75, 3.05) is 5.75 Å². The van der Waals surface area contributed by atoms with E-state index in [-0.39, 0.29) is 23.3 Å². The van der Waals surface area contributed by atoms with Crippen LogP contribution in [0.15, 0.2) is 23.4 Å². The number of rotatable bonds is 5. The topological polar surface area (TPSA) is 82.1 Å². The molecule has 1 fully saturated rings. The van der Waals surface area contributed by atoms with E-state index in [4.69, 9.17) is 0 Å². The lowest BCUT2D eigenvalue weighted by atomic mass is 9.97. The molecule has 1 aromatic heterocycles. The van der Waals surface area contributed by atoms with Crippen molar-refractivity contribution in [3.63, 3.8) is 0 Å². The van der Waals surface area contributed by atoms with Crippen LogP contribution in [0, 0.1) is 0 Å². The molecule has 1 heterocycles. The fourth-order valence-corrected chi connectivity index (χ4v) is 3.46. The van der Waals surface area contributed by atoms with Gasteiger partial charge in [-0.05, 0) is 25.0 Å². The lowest BCUT2D eigenvalue weighted by Crippen LogP contribution is -2.36. The fraction of sp³-hybridized carbons (Fsp3) is 0.562. The van der Waals surface area contributed by atoms with Gasteiger partial charge in [-0.2, -0.15) is 0 Å². The van der Waals surface area contributed by atoms with E-state index in [0.717, 1.165) is 37.4 Å². The molecule has 1 N–H and O–H groups in total. The van der Waals surface area contributed by atoms with E-state index in [1.165, 1.54) is 31.5 Å². The van der Waals surface area contributed by atoms with Crippen molar-refractivity contribution in [1.82, 2.24) is 10.3 Å². The first-order chi connectivity index (χ1) is 10.7. The number of carbonyl (C=O) groups is 2. The Morgan fingerprint density at radius 3 is 2.59 bits per heavy atom. The SMILES string of the molecule is O=C(CSc1ncccc1C(=O)[O-])NC1CCCCCCC1. The van der Waals surface area contributed by atoms with E-state index in [2.05, 4.69) is 10.3 Å². The predicted molar refractivity (Wildman–Crippen MR) is 83.5 cm³/mol. The van der Waals surface area contributed by atoms with Crippen LogP contribution in [0.25, 0.3) is 0 Å². The van der Waals surface area contributed by atoms with Crippen LogP contribution in [0.1, 0.15) is 55.3 Å². The van der Waals surface area contributed by atoms with Crippen LogP contribution in [0.2, 0.25) is 0 Å². The van der Waals surface area contributed by atoms with Crippen LogP contribution in [-0.4, -0.2) is 28.7 Å².